The zero-order valence-electron chi connectivity index (χ0n) is 14.7. The van der Waals surface area contributed by atoms with Crippen LogP contribution in [0, 0.1) is 5.92 Å². The van der Waals surface area contributed by atoms with Crippen LogP contribution in [0.2, 0.25) is 0 Å². The summed E-state index contributed by atoms with van der Waals surface area (Å²) < 4.78 is 10.3. The molecule has 0 spiro atoms. The molecule has 3 N–H and O–H groups in total. The molecule has 1 saturated carbocycles. The SMILES string of the molecule is COc1ccc(NC(=O)C(=O)NCC(O)C2CCCCC2)cc1OC. The molecule has 25 heavy (non-hydrogen) atoms. The van der Waals surface area contributed by atoms with Gasteiger partial charge in [-0.3, -0.25) is 9.59 Å². The second-order valence-corrected chi connectivity index (χ2v) is 6.20. The number of benzene rings is 1. The maximum Gasteiger partial charge on any atom is 0.313 e. The number of ether oxygens (including phenoxy) is 2. The Bertz CT molecular complexity index is 599. The average Bonchev–Trinajstić information content (AvgIpc) is 2.66. The Labute approximate surface area is 147 Å². The van der Waals surface area contributed by atoms with Crippen LogP contribution in [0.1, 0.15) is 32.1 Å². The van der Waals surface area contributed by atoms with Crippen LogP contribution in [0.5, 0.6) is 11.5 Å². The number of methoxy groups -OCH3 is 2. The number of hydrogen-bond acceptors (Lipinski definition) is 5. The number of carbonyl (C=O) groups excluding carboxylic acids is 2. The summed E-state index contributed by atoms with van der Waals surface area (Å²) in [5.74, 6) is -0.385. The monoisotopic (exact) mass is 350 g/mol. The van der Waals surface area contributed by atoms with Gasteiger partial charge in [0.1, 0.15) is 0 Å². The lowest BCUT2D eigenvalue weighted by atomic mass is 9.85. The van der Waals surface area contributed by atoms with E-state index in [9.17, 15) is 14.7 Å². The van der Waals surface area contributed by atoms with Crippen LogP contribution in [0.25, 0.3) is 0 Å². The van der Waals surface area contributed by atoms with E-state index in [1.54, 1.807) is 18.2 Å². The van der Waals surface area contributed by atoms with Crippen molar-refractivity contribution >= 4 is 17.5 Å². The van der Waals surface area contributed by atoms with Crippen molar-refractivity contribution in [3.63, 3.8) is 0 Å². The van der Waals surface area contributed by atoms with E-state index in [2.05, 4.69) is 10.6 Å². The van der Waals surface area contributed by atoms with Crippen LogP contribution < -0.4 is 20.1 Å². The Kier molecular flexibility index (Phi) is 7.06. The molecule has 0 bridgehead atoms. The number of anilines is 1. The van der Waals surface area contributed by atoms with Crippen LogP contribution in [0.3, 0.4) is 0 Å². The molecular formula is C18H26N2O5. The number of nitrogens with one attached hydrogen (secondary N) is 2. The van der Waals surface area contributed by atoms with Gasteiger partial charge in [0.2, 0.25) is 0 Å². The van der Waals surface area contributed by atoms with Gasteiger partial charge in [0.25, 0.3) is 0 Å². The smallest absolute Gasteiger partial charge is 0.313 e. The van der Waals surface area contributed by atoms with Crippen molar-refractivity contribution < 1.29 is 24.2 Å². The minimum Gasteiger partial charge on any atom is -0.493 e. The van der Waals surface area contributed by atoms with Gasteiger partial charge in [0.05, 0.1) is 20.3 Å². The lowest BCUT2D eigenvalue weighted by molar-refractivity contribution is -0.136. The second kappa shape index (κ2) is 9.27. The Morgan fingerprint density at radius 3 is 2.44 bits per heavy atom. The summed E-state index contributed by atoms with van der Waals surface area (Å²) in [5.41, 5.74) is 0.422. The van der Waals surface area contributed by atoms with Crippen molar-refractivity contribution in [3.8, 4) is 11.5 Å². The normalized spacial score (nSPS) is 16.0. The van der Waals surface area contributed by atoms with Crippen molar-refractivity contribution in [1.82, 2.24) is 5.32 Å². The first-order valence-corrected chi connectivity index (χ1v) is 8.54. The minimum atomic E-state index is -0.789. The van der Waals surface area contributed by atoms with E-state index in [4.69, 9.17) is 9.47 Å². The minimum absolute atomic E-state index is 0.0862. The standard InChI is InChI=1S/C18H26N2O5/c1-24-15-9-8-13(10-16(15)25-2)20-18(23)17(22)19-11-14(21)12-6-4-3-5-7-12/h8-10,12,14,21H,3-7,11H2,1-2H3,(H,19,22)(H,20,23). The van der Waals surface area contributed by atoms with Crippen molar-refractivity contribution in [1.29, 1.82) is 0 Å². The van der Waals surface area contributed by atoms with E-state index in [-0.39, 0.29) is 12.5 Å². The topological polar surface area (TPSA) is 96.9 Å². The van der Waals surface area contributed by atoms with Gasteiger partial charge in [-0.25, -0.2) is 0 Å². The lowest BCUT2D eigenvalue weighted by Gasteiger charge is -2.26. The molecular weight excluding hydrogens is 324 g/mol. The molecule has 1 aliphatic rings. The molecule has 7 heteroatoms. The quantitative estimate of drug-likeness (QED) is 0.679. The van der Waals surface area contributed by atoms with Gasteiger partial charge < -0.3 is 25.2 Å². The molecule has 2 rings (SSSR count). The molecule has 1 atom stereocenters. The van der Waals surface area contributed by atoms with E-state index < -0.39 is 17.9 Å². The van der Waals surface area contributed by atoms with Crippen LogP contribution in [-0.4, -0.2) is 43.8 Å². The first kappa shape index (κ1) is 19.1. The Balaban J connectivity index is 1.84. The zero-order valence-corrected chi connectivity index (χ0v) is 14.7. The van der Waals surface area contributed by atoms with Crippen molar-refractivity contribution in [2.45, 2.75) is 38.2 Å². The molecule has 0 aromatic heterocycles. The third-order valence-corrected chi connectivity index (χ3v) is 4.51. The predicted molar refractivity (Wildman–Crippen MR) is 93.8 cm³/mol. The summed E-state index contributed by atoms with van der Waals surface area (Å²) >= 11 is 0. The molecule has 0 saturated heterocycles. The molecule has 1 aromatic rings. The number of aliphatic hydroxyl groups excluding tert-OH is 1. The molecule has 0 aliphatic heterocycles. The fourth-order valence-corrected chi connectivity index (χ4v) is 3.06. The molecule has 138 valence electrons. The number of aliphatic hydroxyl groups is 1. The highest BCUT2D eigenvalue weighted by Gasteiger charge is 2.23. The maximum atomic E-state index is 12.0. The van der Waals surface area contributed by atoms with Gasteiger partial charge >= 0.3 is 11.8 Å². The third kappa shape index (κ3) is 5.35. The van der Waals surface area contributed by atoms with Gasteiger partial charge in [0, 0.05) is 18.3 Å². The molecule has 1 aliphatic carbocycles. The fraction of sp³-hybridized carbons (Fsp3) is 0.556. The second-order valence-electron chi connectivity index (χ2n) is 6.20. The third-order valence-electron chi connectivity index (χ3n) is 4.51. The summed E-state index contributed by atoms with van der Waals surface area (Å²) in [6.45, 7) is 0.0862. The van der Waals surface area contributed by atoms with Crippen LogP contribution in [-0.2, 0) is 9.59 Å². The van der Waals surface area contributed by atoms with Crippen LogP contribution >= 0.6 is 0 Å². The number of rotatable bonds is 6. The van der Waals surface area contributed by atoms with Crippen LogP contribution in [0.4, 0.5) is 5.69 Å². The average molecular weight is 350 g/mol. The van der Waals surface area contributed by atoms with Gasteiger partial charge in [-0.2, -0.15) is 0 Å². The molecule has 1 unspecified atom stereocenters. The maximum absolute atomic E-state index is 12.0. The first-order valence-electron chi connectivity index (χ1n) is 8.54. The fourth-order valence-electron chi connectivity index (χ4n) is 3.06. The Morgan fingerprint density at radius 1 is 1.12 bits per heavy atom. The summed E-state index contributed by atoms with van der Waals surface area (Å²) in [6, 6.07) is 4.82. The highest BCUT2D eigenvalue weighted by Crippen LogP contribution is 2.29. The van der Waals surface area contributed by atoms with Crippen molar-refractivity contribution in [2.24, 2.45) is 5.92 Å². The van der Waals surface area contributed by atoms with Gasteiger partial charge in [-0.05, 0) is 30.9 Å². The summed E-state index contributed by atoms with van der Waals surface area (Å²) in [4.78, 5) is 23.9. The molecule has 0 heterocycles. The van der Waals surface area contributed by atoms with Gasteiger partial charge in [0.15, 0.2) is 11.5 Å². The lowest BCUT2D eigenvalue weighted by Crippen LogP contribution is -2.42. The highest BCUT2D eigenvalue weighted by molar-refractivity contribution is 6.39. The molecule has 2 amide bonds. The number of hydrogen-bond donors (Lipinski definition) is 3. The Morgan fingerprint density at radius 2 is 1.80 bits per heavy atom. The van der Waals surface area contributed by atoms with Crippen molar-refractivity contribution in [3.05, 3.63) is 18.2 Å². The first-order chi connectivity index (χ1) is 12.0. The number of carbonyl (C=O) groups is 2. The Hall–Kier alpha value is -2.28. The van der Waals surface area contributed by atoms with E-state index in [0.717, 1.165) is 25.7 Å². The van der Waals surface area contributed by atoms with Gasteiger partial charge in [-0.15, -0.1) is 0 Å². The summed E-state index contributed by atoms with van der Waals surface area (Å²) in [6.07, 6.45) is 4.73. The predicted octanol–water partition coefficient (Wildman–Crippen LogP) is 1.70. The molecule has 1 aromatic carbocycles. The van der Waals surface area contributed by atoms with E-state index in [1.807, 2.05) is 0 Å². The molecule has 7 nitrogen and oxygen atoms in total. The zero-order chi connectivity index (χ0) is 18.2. The van der Waals surface area contributed by atoms with Crippen molar-refractivity contribution in [2.75, 3.05) is 26.1 Å². The summed E-state index contributed by atoms with van der Waals surface area (Å²) in [7, 11) is 3.00. The van der Waals surface area contributed by atoms with Gasteiger partial charge in [-0.1, -0.05) is 19.3 Å². The van der Waals surface area contributed by atoms with E-state index >= 15 is 0 Å². The number of amides is 2. The van der Waals surface area contributed by atoms with Crippen LogP contribution in [0.15, 0.2) is 18.2 Å². The van der Waals surface area contributed by atoms with E-state index in [0.29, 0.717) is 17.2 Å². The molecule has 1 fully saturated rings. The molecule has 0 radical (unpaired) electrons. The highest BCUT2D eigenvalue weighted by atomic mass is 16.5. The van der Waals surface area contributed by atoms with E-state index in [1.165, 1.54) is 20.6 Å². The largest absolute Gasteiger partial charge is 0.493 e. The summed E-state index contributed by atoms with van der Waals surface area (Å²) in [5, 5.41) is 15.1.